The number of hydrogen-bond acceptors (Lipinski definition) is 2. The molecule has 0 aliphatic carbocycles. The zero-order chi connectivity index (χ0) is 11.0. The van der Waals surface area contributed by atoms with Gasteiger partial charge in [-0.05, 0) is 12.5 Å². The Morgan fingerprint density at radius 1 is 1.00 bits per heavy atom. The normalized spacial score (nSPS) is 10.8. The van der Waals surface area contributed by atoms with Gasteiger partial charge in [-0.25, -0.2) is 4.98 Å². The predicted molar refractivity (Wildman–Crippen MR) is 64.1 cm³/mol. The molecule has 0 bridgehead atoms. The lowest BCUT2D eigenvalue weighted by molar-refractivity contribution is 1.26. The van der Waals surface area contributed by atoms with Crippen LogP contribution in [0, 0.1) is 6.92 Å². The van der Waals surface area contributed by atoms with Crippen LogP contribution in [-0.4, -0.2) is 15.0 Å². The van der Waals surface area contributed by atoms with Crippen molar-refractivity contribution in [3.05, 3.63) is 48.3 Å². The number of rotatable bonds is 1. The quantitative estimate of drug-likeness (QED) is 0.669. The predicted octanol–water partition coefficient (Wildman–Crippen LogP) is 2.93. The average Bonchev–Trinajstić information content (AvgIpc) is 2.69. The summed E-state index contributed by atoms with van der Waals surface area (Å²) in [5.74, 6) is 0. The van der Waals surface area contributed by atoms with E-state index in [-0.39, 0.29) is 0 Å². The summed E-state index contributed by atoms with van der Waals surface area (Å²) in [6.07, 6.45) is 3.42. The summed E-state index contributed by atoms with van der Waals surface area (Å²) in [6, 6.07) is 10.2. The molecule has 3 heteroatoms. The minimum atomic E-state index is 0.846. The highest BCUT2D eigenvalue weighted by Gasteiger charge is 2.09. The lowest BCUT2D eigenvalue weighted by Crippen LogP contribution is -1.79. The van der Waals surface area contributed by atoms with Gasteiger partial charge < -0.3 is 4.98 Å². The maximum Gasteiger partial charge on any atom is 0.156 e. The van der Waals surface area contributed by atoms with Crippen LogP contribution in [0.4, 0.5) is 0 Å². The van der Waals surface area contributed by atoms with Gasteiger partial charge in [-0.15, -0.1) is 0 Å². The van der Waals surface area contributed by atoms with Gasteiger partial charge in [0.2, 0.25) is 0 Å². The highest BCUT2D eigenvalue weighted by atomic mass is 14.9. The van der Waals surface area contributed by atoms with Gasteiger partial charge >= 0.3 is 0 Å². The van der Waals surface area contributed by atoms with Crippen LogP contribution in [0.5, 0.6) is 0 Å². The average molecular weight is 209 g/mol. The van der Waals surface area contributed by atoms with Gasteiger partial charge in [0, 0.05) is 18.0 Å². The Balaban J connectivity index is 2.29. The molecule has 16 heavy (non-hydrogen) atoms. The monoisotopic (exact) mass is 209 g/mol. The summed E-state index contributed by atoms with van der Waals surface area (Å²) in [5, 5.41) is 0. The molecule has 0 unspecified atom stereocenters. The first-order chi connectivity index (χ1) is 7.86. The molecule has 0 saturated carbocycles. The molecule has 3 aromatic rings. The second kappa shape index (κ2) is 3.45. The molecule has 3 rings (SSSR count). The van der Waals surface area contributed by atoms with Crippen molar-refractivity contribution >= 4 is 11.2 Å². The Bertz CT molecular complexity index is 626. The second-order valence-corrected chi connectivity index (χ2v) is 3.74. The molecule has 1 aromatic carbocycles. The minimum absolute atomic E-state index is 0.846. The van der Waals surface area contributed by atoms with E-state index in [9.17, 15) is 0 Å². The van der Waals surface area contributed by atoms with Gasteiger partial charge in [0.15, 0.2) is 5.65 Å². The van der Waals surface area contributed by atoms with E-state index in [0.717, 1.165) is 22.4 Å². The first-order valence-corrected chi connectivity index (χ1v) is 5.21. The summed E-state index contributed by atoms with van der Waals surface area (Å²) in [4.78, 5) is 11.9. The number of H-pyrrole nitrogens is 1. The van der Waals surface area contributed by atoms with E-state index in [0.29, 0.717) is 0 Å². The molecule has 3 nitrogen and oxygen atoms in total. The highest BCUT2D eigenvalue weighted by Crippen LogP contribution is 2.26. The number of benzene rings is 1. The van der Waals surface area contributed by atoms with Crippen LogP contribution in [0.2, 0.25) is 0 Å². The number of nitrogens with zero attached hydrogens (tertiary/aromatic N) is 2. The van der Waals surface area contributed by atoms with Crippen molar-refractivity contribution < 1.29 is 0 Å². The van der Waals surface area contributed by atoms with Crippen molar-refractivity contribution in [1.82, 2.24) is 15.0 Å². The van der Waals surface area contributed by atoms with Crippen molar-refractivity contribution in [3.8, 4) is 11.3 Å². The van der Waals surface area contributed by atoms with Crippen molar-refractivity contribution in [1.29, 1.82) is 0 Å². The molecule has 0 fully saturated rings. The van der Waals surface area contributed by atoms with Gasteiger partial charge in [-0.2, -0.15) is 0 Å². The molecule has 0 amide bonds. The lowest BCUT2D eigenvalue weighted by atomic mass is 10.1. The van der Waals surface area contributed by atoms with E-state index >= 15 is 0 Å². The number of aromatic nitrogens is 3. The molecule has 1 N–H and O–H groups in total. The van der Waals surface area contributed by atoms with Crippen molar-refractivity contribution in [3.63, 3.8) is 0 Å². The number of hydrogen-bond donors (Lipinski definition) is 1. The van der Waals surface area contributed by atoms with Crippen LogP contribution in [0.15, 0.2) is 42.7 Å². The molecule has 0 aliphatic heterocycles. The fourth-order valence-electron chi connectivity index (χ4n) is 1.93. The van der Waals surface area contributed by atoms with Crippen LogP contribution >= 0.6 is 0 Å². The Morgan fingerprint density at radius 3 is 2.50 bits per heavy atom. The Labute approximate surface area is 93.2 Å². The summed E-state index contributed by atoms with van der Waals surface area (Å²) in [5.41, 5.74) is 5.20. The van der Waals surface area contributed by atoms with Gasteiger partial charge in [-0.1, -0.05) is 30.3 Å². The minimum Gasteiger partial charge on any atom is -0.338 e. The first-order valence-electron chi connectivity index (χ1n) is 5.21. The number of aromatic amines is 1. The summed E-state index contributed by atoms with van der Waals surface area (Å²) < 4.78 is 0. The molecule has 2 heterocycles. The van der Waals surface area contributed by atoms with E-state index in [1.807, 2.05) is 18.2 Å². The summed E-state index contributed by atoms with van der Waals surface area (Å²) in [7, 11) is 0. The summed E-state index contributed by atoms with van der Waals surface area (Å²) >= 11 is 0. The SMILES string of the molecule is Cc1c(-c2ccccc2)[nH]c2nccnc12. The fourth-order valence-corrected chi connectivity index (χ4v) is 1.93. The molecule has 0 saturated heterocycles. The number of aryl methyl sites for hydroxylation is 1. The first kappa shape index (κ1) is 9.09. The molecular formula is C13H11N3. The smallest absolute Gasteiger partial charge is 0.156 e. The third-order valence-corrected chi connectivity index (χ3v) is 2.73. The van der Waals surface area contributed by atoms with Gasteiger partial charge in [-0.3, -0.25) is 4.98 Å². The van der Waals surface area contributed by atoms with Gasteiger partial charge in [0.05, 0.1) is 5.69 Å². The van der Waals surface area contributed by atoms with Gasteiger partial charge in [0.25, 0.3) is 0 Å². The lowest BCUT2D eigenvalue weighted by Gasteiger charge is -1.98. The third-order valence-electron chi connectivity index (χ3n) is 2.73. The standard InChI is InChI=1S/C13H11N3/c1-9-11(10-5-3-2-4-6-10)16-13-12(9)14-7-8-15-13/h2-8H,1H3,(H,15,16). The van der Waals surface area contributed by atoms with Crippen molar-refractivity contribution in [2.45, 2.75) is 6.92 Å². The van der Waals surface area contributed by atoms with E-state index in [1.165, 1.54) is 5.56 Å². The molecule has 2 aromatic heterocycles. The maximum atomic E-state index is 4.33. The molecule has 0 atom stereocenters. The zero-order valence-electron chi connectivity index (χ0n) is 8.94. The Kier molecular flexibility index (Phi) is 1.96. The molecule has 0 aliphatic rings. The molecule has 78 valence electrons. The van der Waals surface area contributed by atoms with Crippen LogP contribution in [-0.2, 0) is 0 Å². The van der Waals surface area contributed by atoms with Crippen molar-refractivity contribution in [2.24, 2.45) is 0 Å². The van der Waals surface area contributed by atoms with Crippen LogP contribution in [0.1, 0.15) is 5.56 Å². The Morgan fingerprint density at radius 2 is 1.75 bits per heavy atom. The van der Waals surface area contributed by atoms with E-state index in [2.05, 4.69) is 34.0 Å². The Hall–Kier alpha value is -2.16. The summed E-state index contributed by atoms with van der Waals surface area (Å²) in [6.45, 7) is 2.07. The highest BCUT2D eigenvalue weighted by molar-refractivity contribution is 5.84. The fraction of sp³-hybridized carbons (Fsp3) is 0.0769. The molecular weight excluding hydrogens is 198 g/mol. The van der Waals surface area contributed by atoms with E-state index in [4.69, 9.17) is 0 Å². The van der Waals surface area contributed by atoms with E-state index < -0.39 is 0 Å². The topological polar surface area (TPSA) is 41.6 Å². The number of nitrogens with one attached hydrogen (secondary N) is 1. The second-order valence-electron chi connectivity index (χ2n) is 3.74. The molecule has 0 radical (unpaired) electrons. The molecule has 0 spiro atoms. The van der Waals surface area contributed by atoms with Gasteiger partial charge in [0.1, 0.15) is 5.52 Å². The van der Waals surface area contributed by atoms with Crippen molar-refractivity contribution in [2.75, 3.05) is 0 Å². The van der Waals surface area contributed by atoms with Crippen LogP contribution in [0.25, 0.3) is 22.4 Å². The van der Waals surface area contributed by atoms with Crippen LogP contribution in [0.3, 0.4) is 0 Å². The van der Waals surface area contributed by atoms with Crippen LogP contribution < -0.4 is 0 Å². The largest absolute Gasteiger partial charge is 0.338 e. The zero-order valence-corrected chi connectivity index (χ0v) is 8.94. The van der Waals surface area contributed by atoms with E-state index in [1.54, 1.807) is 12.4 Å². The third kappa shape index (κ3) is 1.29. The maximum absolute atomic E-state index is 4.33. The number of fused-ring (bicyclic) bond motifs is 1.